The van der Waals surface area contributed by atoms with Gasteiger partial charge in [-0.2, -0.15) is 0 Å². The van der Waals surface area contributed by atoms with Gasteiger partial charge in [-0.25, -0.2) is 0 Å². The van der Waals surface area contributed by atoms with Gasteiger partial charge in [-0.3, -0.25) is 5.32 Å². The van der Waals surface area contributed by atoms with Gasteiger partial charge < -0.3 is 4.74 Å². The fraction of sp³-hybridized carbons (Fsp3) is 0.111. The van der Waals surface area contributed by atoms with E-state index in [2.05, 4.69) is 21.2 Å². The van der Waals surface area contributed by atoms with E-state index in [1.165, 1.54) is 0 Å². The molecule has 2 aromatic rings. The molecule has 1 radical (unpaired) electrons. The van der Waals surface area contributed by atoms with E-state index in [-0.39, 0.29) is 0 Å². The number of hydrogen-bond acceptors (Lipinski definition) is 1. The second-order valence-electron chi connectivity index (χ2n) is 5.03. The van der Waals surface area contributed by atoms with Gasteiger partial charge in [0.2, 0.25) is 0 Å². The lowest BCUT2D eigenvalue weighted by molar-refractivity contribution is 0.305. The molecule has 0 N–H and O–H groups in total. The van der Waals surface area contributed by atoms with Crippen molar-refractivity contribution in [3.63, 3.8) is 0 Å². The van der Waals surface area contributed by atoms with Gasteiger partial charge in [0.05, 0.1) is 5.70 Å². The zero-order chi connectivity index (χ0) is 15.5. The smallest absolute Gasteiger partial charge is 0.130 e. The van der Waals surface area contributed by atoms with E-state index in [1.807, 2.05) is 61.5 Å². The summed E-state index contributed by atoms with van der Waals surface area (Å²) in [5, 5.41) is 5.25. The largest absolute Gasteiger partial charge is 0.488 e. The Hall–Kier alpha value is -1.71. The highest BCUT2D eigenvalue weighted by atomic mass is 79.9. The molecular formula is C18H14BrClNO. The first-order chi connectivity index (χ1) is 10.6. The van der Waals surface area contributed by atoms with Crippen LogP contribution in [0, 0.1) is 0 Å². The van der Waals surface area contributed by atoms with Gasteiger partial charge in [0.25, 0.3) is 0 Å². The van der Waals surface area contributed by atoms with Gasteiger partial charge in [0, 0.05) is 20.8 Å². The number of allylic oxidation sites excluding steroid dienone is 3. The SMILES string of the molecule is CC1=CC=C(c2ccc(Br)cc2OCc2ccc(Cl)cc2)[N]1. The lowest BCUT2D eigenvalue weighted by Crippen LogP contribution is -2.02. The third-order valence-corrected chi connectivity index (χ3v) is 4.05. The van der Waals surface area contributed by atoms with Crippen molar-refractivity contribution >= 4 is 33.2 Å². The minimum absolute atomic E-state index is 0.486. The van der Waals surface area contributed by atoms with Crippen LogP contribution in [0.4, 0.5) is 0 Å². The van der Waals surface area contributed by atoms with Crippen molar-refractivity contribution < 1.29 is 4.74 Å². The van der Waals surface area contributed by atoms with Crippen molar-refractivity contribution in [2.24, 2.45) is 0 Å². The van der Waals surface area contributed by atoms with Crippen molar-refractivity contribution in [1.29, 1.82) is 0 Å². The molecule has 0 atom stereocenters. The molecule has 0 aliphatic carbocycles. The molecule has 1 aliphatic rings. The predicted molar refractivity (Wildman–Crippen MR) is 93.8 cm³/mol. The van der Waals surface area contributed by atoms with Crippen LogP contribution in [0.1, 0.15) is 18.1 Å². The second kappa shape index (κ2) is 6.59. The first kappa shape index (κ1) is 15.2. The van der Waals surface area contributed by atoms with Crippen molar-refractivity contribution in [1.82, 2.24) is 5.32 Å². The Morgan fingerprint density at radius 3 is 2.55 bits per heavy atom. The predicted octanol–water partition coefficient (Wildman–Crippen LogP) is 5.54. The van der Waals surface area contributed by atoms with Gasteiger partial charge in [0.1, 0.15) is 12.4 Å². The van der Waals surface area contributed by atoms with Crippen LogP contribution in [0.15, 0.2) is 64.8 Å². The molecule has 22 heavy (non-hydrogen) atoms. The number of ether oxygens (including phenoxy) is 1. The molecule has 0 amide bonds. The van der Waals surface area contributed by atoms with E-state index in [0.717, 1.165) is 37.8 Å². The Morgan fingerprint density at radius 1 is 1.09 bits per heavy atom. The van der Waals surface area contributed by atoms with Gasteiger partial charge in [0.15, 0.2) is 0 Å². The molecule has 0 spiro atoms. The van der Waals surface area contributed by atoms with Gasteiger partial charge in [-0.05, 0) is 55.0 Å². The summed E-state index contributed by atoms with van der Waals surface area (Å²) in [5.74, 6) is 0.808. The normalized spacial score (nSPS) is 13.4. The molecule has 0 unspecified atom stereocenters. The van der Waals surface area contributed by atoms with E-state index in [1.54, 1.807) is 0 Å². The van der Waals surface area contributed by atoms with Crippen molar-refractivity contribution in [3.05, 3.63) is 80.9 Å². The Morgan fingerprint density at radius 2 is 1.86 bits per heavy atom. The Kier molecular flexibility index (Phi) is 4.55. The summed E-state index contributed by atoms with van der Waals surface area (Å²) in [7, 11) is 0. The summed E-state index contributed by atoms with van der Waals surface area (Å²) in [4.78, 5) is 0. The van der Waals surface area contributed by atoms with E-state index in [4.69, 9.17) is 16.3 Å². The van der Waals surface area contributed by atoms with Gasteiger partial charge in [-0.15, -0.1) is 0 Å². The number of nitrogens with zero attached hydrogens (tertiary/aromatic N) is 1. The zero-order valence-corrected chi connectivity index (χ0v) is 14.4. The van der Waals surface area contributed by atoms with Crippen molar-refractivity contribution in [2.45, 2.75) is 13.5 Å². The van der Waals surface area contributed by atoms with Crippen LogP contribution in [-0.4, -0.2) is 0 Å². The highest BCUT2D eigenvalue weighted by Gasteiger charge is 2.14. The van der Waals surface area contributed by atoms with E-state index >= 15 is 0 Å². The van der Waals surface area contributed by atoms with Crippen molar-refractivity contribution in [2.75, 3.05) is 0 Å². The van der Waals surface area contributed by atoms with E-state index < -0.39 is 0 Å². The maximum absolute atomic E-state index is 5.99. The molecule has 0 fully saturated rings. The molecule has 0 bridgehead atoms. The highest BCUT2D eigenvalue weighted by molar-refractivity contribution is 9.10. The van der Waals surface area contributed by atoms with Crippen LogP contribution in [0.25, 0.3) is 5.70 Å². The molecule has 2 nitrogen and oxygen atoms in total. The molecular weight excluding hydrogens is 362 g/mol. The molecule has 1 heterocycles. The number of halogens is 2. The zero-order valence-electron chi connectivity index (χ0n) is 12.0. The third-order valence-electron chi connectivity index (χ3n) is 3.31. The fourth-order valence-electron chi connectivity index (χ4n) is 2.18. The molecule has 1 aliphatic heterocycles. The number of benzene rings is 2. The quantitative estimate of drug-likeness (QED) is 0.687. The monoisotopic (exact) mass is 374 g/mol. The van der Waals surface area contributed by atoms with E-state index in [0.29, 0.717) is 6.61 Å². The number of rotatable bonds is 4. The lowest BCUT2D eigenvalue weighted by Gasteiger charge is -2.13. The first-order valence-electron chi connectivity index (χ1n) is 6.89. The second-order valence-corrected chi connectivity index (χ2v) is 6.38. The fourth-order valence-corrected chi connectivity index (χ4v) is 2.65. The minimum Gasteiger partial charge on any atom is -0.488 e. The molecule has 0 aromatic heterocycles. The average molecular weight is 376 g/mol. The summed E-state index contributed by atoms with van der Waals surface area (Å²) in [6, 6.07) is 13.6. The molecule has 4 heteroatoms. The van der Waals surface area contributed by atoms with Crippen LogP contribution in [0.5, 0.6) is 5.75 Å². The number of hydrogen-bond donors (Lipinski definition) is 0. The topological polar surface area (TPSA) is 23.3 Å². The average Bonchev–Trinajstić information content (AvgIpc) is 2.93. The molecule has 111 valence electrons. The summed E-state index contributed by atoms with van der Waals surface area (Å²) in [6.07, 6.45) is 4.01. The van der Waals surface area contributed by atoms with Crippen LogP contribution >= 0.6 is 27.5 Å². The highest BCUT2D eigenvalue weighted by Crippen LogP contribution is 2.32. The Bertz CT molecular complexity index is 750. The van der Waals surface area contributed by atoms with Gasteiger partial charge >= 0.3 is 0 Å². The van der Waals surface area contributed by atoms with Crippen LogP contribution in [0.3, 0.4) is 0 Å². The maximum Gasteiger partial charge on any atom is 0.130 e. The van der Waals surface area contributed by atoms with E-state index in [9.17, 15) is 0 Å². The summed E-state index contributed by atoms with van der Waals surface area (Å²) >= 11 is 9.39. The Labute approximate surface area is 143 Å². The van der Waals surface area contributed by atoms with Crippen molar-refractivity contribution in [3.8, 4) is 5.75 Å². The van der Waals surface area contributed by atoms with Crippen LogP contribution < -0.4 is 10.1 Å². The first-order valence-corrected chi connectivity index (χ1v) is 8.06. The molecule has 0 saturated carbocycles. The minimum atomic E-state index is 0.486. The van der Waals surface area contributed by atoms with Crippen LogP contribution in [0.2, 0.25) is 5.02 Å². The molecule has 0 saturated heterocycles. The summed E-state index contributed by atoms with van der Waals surface area (Å²) in [6.45, 7) is 2.47. The third kappa shape index (κ3) is 3.54. The van der Waals surface area contributed by atoms with Crippen LogP contribution in [-0.2, 0) is 6.61 Å². The molecule has 2 aromatic carbocycles. The van der Waals surface area contributed by atoms with Gasteiger partial charge in [-0.1, -0.05) is 39.7 Å². The summed E-state index contributed by atoms with van der Waals surface area (Å²) < 4.78 is 6.97. The Balaban J connectivity index is 1.80. The lowest BCUT2D eigenvalue weighted by atomic mass is 10.1. The molecule has 3 rings (SSSR count). The standard InChI is InChI=1S/C18H14BrClNO/c1-12-2-9-17(21-12)16-8-5-14(19)10-18(16)22-11-13-3-6-15(20)7-4-13/h2-10H,11H2,1H3. The summed E-state index contributed by atoms with van der Waals surface area (Å²) in [5.41, 5.74) is 3.99. The maximum atomic E-state index is 5.99.